The SMILES string of the molecule is CC(C)NC(=O)CCNC1CCCc2occc21. The van der Waals surface area contributed by atoms with Gasteiger partial charge in [-0.1, -0.05) is 0 Å². The monoisotopic (exact) mass is 250 g/mol. The van der Waals surface area contributed by atoms with Gasteiger partial charge in [0.1, 0.15) is 5.76 Å². The molecule has 1 aromatic rings. The number of carbonyl (C=O) groups excluding carboxylic acids is 1. The van der Waals surface area contributed by atoms with Crippen LogP contribution in [0.2, 0.25) is 0 Å². The van der Waals surface area contributed by atoms with Crippen LogP contribution in [0, 0.1) is 0 Å². The Kier molecular flexibility index (Phi) is 4.42. The van der Waals surface area contributed by atoms with Crippen molar-refractivity contribution in [3.63, 3.8) is 0 Å². The minimum absolute atomic E-state index is 0.112. The van der Waals surface area contributed by atoms with Crippen LogP contribution < -0.4 is 10.6 Å². The number of hydrogen-bond donors (Lipinski definition) is 2. The van der Waals surface area contributed by atoms with Gasteiger partial charge >= 0.3 is 0 Å². The molecule has 2 N–H and O–H groups in total. The van der Waals surface area contributed by atoms with Crippen LogP contribution in [0.5, 0.6) is 0 Å². The Bertz CT molecular complexity index is 398. The zero-order valence-corrected chi connectivity index (χ0v) is 11.2. The van der Waals surface area contributed by atoms with Crippen molar-refractivity contribution in [1.29, 1.82) is 0 Å². The van der Waals surface area contributed by atoms with Gasteiger partial charge in [0.05, 0.1) is 6.26 Å². The smallest absolute Gasteiger partial charge is 0.221 e. The van der Waals surface area contributed by atoms with Crippen LogP contribution in [-0.2, 0) is 11.2 Å². The summed E-state index contributed by atoms with van der Waals surface area (Å²) < 4.78 is 5.45. The molecular formula is C14H22N2O2. The number of furan rings is 1. The summed E-state index contributed by atoms with van der Waals surface area (Å²) in [6, 6.07) is 2.60. The van der Waals surface area contributed by atoms with Crippen LogP contribution in [0.25, 0.3) is 0 Å². The van der Waals surface area contributed by atoms with Gasteiger partial charge in [0.15, 0.2) is 0 Å². The first-order valence-electron chi connectivity index (χ1n) is 6.76. The van der Waals surface area contributed by atoms with Crippen molar-refractivity contribution < 1.29 is 9.21 Å². The number of fused-ring (bicyclic) bond motifs is 1. The highest BCUT2D eigenvalue weighted by atomic mass is 16.3. The molecule has 2 rings (SSSR count). The molecule has 100 valence electrons. The van der Waals surface area contributed by atoms with Gasteiger partial charge in [0.25, 0.3) is 0 Å². The maximum absolute atomic E-state index is 11.5. The van der Waals surface area contributed by atoms with Crippen molar-refractivity contribution in [3.8, 4) is 0 Å². The minimum atomic E-state index is 0.112. The maximum atomic E-state index is 11.5. The largest absolute Gasteiger partial charge is 0.469 e. The molecule has 1 aliphatic carbocycles. The normalized spacial score (nSPS) is 18.7. The van der Waals surface area contributed by atoms with Crippen LogP contribution >= 0.6 is 0 Å². The summed E-state index contributed by atoms with van der Waals surface area (Å²) in [5.41, 5.74) is 1.27. The van der Waals surface area contributed by atoms with E-state index in [9.17, 15) is 4.79 Å². The second-order valence-corrected chi connectivity index (χ2v) is 5.17. The lowest BCUT2D eigenvalue weighted by Gasteiger charge is -2.22. The highest BCUT2D eigenvalue weighted by Gasteiger charge is 2.21. The highest BCUT2D eigenvalue weighted by molar-refractivity contribution is 5.76. The van der Waals surface area contributed by atoms with Gasteiger partial charge in [-0.15, -0.1) is 0 Å². The van der Waals surface area contributed by atoms with Crippen molar-refractivity contribution in [3.05, 3.63) is 23.7 Å². The third kappa shape index (κ3) is 3.35. The van der Waals surface area contributed by atoms with E-state index >= 15 is 0 Å². The molecule has 0 radical (unpaired) electrons. The Morgan fingerprint density at radius 2 is 2.39 bits per heavy atom. The molecule has 1 unspecified atom stereocenters. The molecule has 1 aromatic heterocycles. The van der Waals surface area contributed by atoms with Gasteiger partial charge in [-0.3, -0.25) is 4.79 Å². The molecule has 1 amide bonds. The zero-order chi connectivity index (χ0) is 13.0. The van der Waals surface area contributed by atoms with Crippen LogP contribution in [0.1, 0.15) is 50.5 Å². The second kappa shape index (κ2) is 6.05. The molecule has 0 spiro atoms. The minimum Gasteiger partial charge on any atom is -0.469 e. The fraction of sp³-hybridized carbons (Fsp3) is 0.643. The fourth-order valence-corrected chi connectivity index (χ4v) is 2.45. The second-order valence-electron chi connectivity index (χ2n) is 5.17. The molecule has 1 aliphatic rings. The predicted molar refractivity (Wildman–Crippen MR) is 70.3 cm³/mol. The quantitative estimate of drug-likeness (QED) is 0.842. The Hall–Kier alpha value is -1.29. The van der Waals surface area contributed by atoms with Gasteiger partial charge in [-0.05, 0) is 32.8 Å². The molecule has 18 heavy (non-hydrogen) atoms. The van der Waals surface area contributed by atoms with Crippen LogP contribution in [0.4, 0.5) is 0 Å². The van der Waals surface area contributed by atoms with Gasteiger partial charge in [0, 0.05) is 37.0 Å². The van der Waals surface area contributed by atoms with Crippen molar-refractivity contribution in [2.75, 3.05) is 6.54 Å². The van der Waals surface area contributed by atoms with Crippen molar-refractivity contribution in [1.82, 2.24) is 10.6 Å². The van der Waals surface area contributed by atoms with Crippen molar-refractivity contribution in [2.45, 2.75) is 51.6 Å². The average molecular weight is 250 g/mol. The third-order valence-corrected chi connectivity index (χ3v) is 3.24. The molecule has 0 aromatic carbocycles. The Balaban J connectivity index is 1.77. The molecule has 0 saturated carbocycles. The van der Waals surface area contributed by atoms with E-state index in [1.165, 1.54) is 5.56 Å². The molecular weight excluding hydrogens is 228 g/mol. The van der Waals surface area contributed by atoms with E-state index in [1.54, 1.807) is 6.26 Å². The van der Waals surface area contributed by atoms with E-state index < -0.39 is 0 Å². The number of hydrogen-bond acceptors (Lipinski definition) is 3. The van der Waals surface area contributed by atoms with E-state index in [2.05, 4.69) is 10.6 Å². The summed E-state index contributed by atoms with van der Waals surface area (Å²) in [4.78, 5) is 11.5. The van der Waals surface area contributed by atoms with Crippen LogP contribution in [-0.4, -0.2) is 18.5 Å². The van der Waals surface area contributed by atoms with E-state index in [1.807, 2.05) is 19.9 Å². The molecule has 4 nitrogen and oxygen atoms in total. The first-order chi connectivity index (χ1) is 8.66. The Morgan fingerprint density at radius 3 is 3.17 bits per heavy atom. The Morgan fingerprint density at radius 1 is 1.56 bits per heavy atom. The lowest BCUT2D eigenvalue weighted by Crippen LogP contribution is -2.33. The molecule has 0 fully saturated rings. The number of amides is 1. The summed E-state index contributed by atoms with van der Waals surface area (Å²) in [7, 11) is 0. The molecule has 1 heterocycles. The first-order valence-corrected chi connectivity index (χ1v) is 6.76. The van der Waals surface area contributed by atoms with Crippen LogP contribution in [0.15, 0.2) is 16.7 Å². The molecule has 0 aliphatic heterocycles. The summed E-state index contributed by atoms with van der Waals surface area (Å²) in [5.74, 6) is 1.21. The molecule has 1 atom stereocenters. The van der Waals surface area contributed by atoms with E-state index in [4.69, 9.17) is 4.42 Å². The van der Waals surface area contributed by atoms with Crippen LogP contribution in [0.3, 0.4) is 0 Å². The first kappa shape index (κ1) is 13.1. The number of rotatable bonds is 5. The summed E-state index contributed by atoms with van der Waals surface area (Å²) in [5, 5.41) is 6.34. The van der Waals surface area contributed by atoms with Crippen molar-refractivity contribution >= 4 is 5.91 Å². The molecule has 0 saturated heterocycles. The third-order valence-electron chi connectivity index (χ3n) is 3.24. The molecule has 4 heteroatoms. The number of carbonyl (C=O) groups is 1. The predicted octanol–water partition coefficient (Wildman–Crippen LogP) is 2.16. The lowest BCUT2D eigenvalue weighted by molar-refractivity contribution is -0.121. The van der Waals surface area contributed by atoms with E-state index in [-0.39, 0.29) is 11.9 Å². The van der Waals surface area contributed by atoms with Gasteiger partial charge in [-0.25, -0.2) is 0 Å². The topological polar surface area (TPSA) is 54.3 Å². The number of aryl methyl sites for hydroxylation is 1. The van der Waals surface area contributed by atoms with Gasteiger partial charge in [0.2, 0.25) is 5.91 Å². The van der Waals surface area contributed by atoms with E-state index in [0.29, 0.717) is 19.0 Å². The molecule has 0 bridgehead atoms. The Labute approximate surface area is 108 Å². The standard InChI is InChI=1S/C14H22N2O2/c1-10(2)16-14(17)6-8-15-12-4-3-5-13-11(12)7-9-18-13/h7,9-10,12,15H,3-6,8H2,1-2H3,(H,16,17). The summed E-state index contributed by atoms with van der Waals surface area (Å²) in [6.45, 7) is 4.67. The van der Waals surface area contributed by atoms with Gasteiger partial charge in [-0.2, -0.15) is 0 Å². The lowest BCUT2D eigenvalue weighted by atomic mass is 9.93. The maximum Gasteiger partial charge on any atom is 0.221 e. The highest BCUT2D eigenvalue weighted by Crippen LogP contribution is 2.30. The fourth-order valence-electron chi connectivity index (χ4n) is 2.45. The summed E-state index contributed by atoms with van der Waals surface area (Å²) in [6.07, 6.45) is 5.60. The van der Waals surface area contributed by atoms with E-state index in [0.717, 1.165) is 25.0 Å². The number of nitrogens with one attached hydrogen (secondary N) is 2. The van der Waals surface area contributed by atoms with Crippen molar-refractivity contribution in [2.24, 2.45) is 0 Å². The summed E-state index contributed by atoms with van der Waals surface area (Å²) >= 11 is 0. The zero-order valence-electron chi connectivity index (χ0n) is 11.2. The average Bonchev–Trinajstić information content (AvgIpc) is 2.76. The van der Waals surface area contributed by atoms with Gasteiger partial charge < -0.3 is 15.1 Å².